The van der Waals surface area contributed by atoms with Crippen LogP contribution in [0.15, 0.2) is 96.1 Å². The summed E-state index contributed by atoms with van der Waals surface area (Å²) in [4.78, 5) is 32.8. The van der Waals surface area contributed by atoms with Gasteiger partial charge in [-0.15, -0.1) is 11.3 Å². The molecule has 3 heterocycles. The fraction of sp³-hybridized carbons (Fsp3) is 0.138. The van der Waals surface area contributed by atoms with Crippen molar-refractivity contribution in [1.29, 1.82) is 0 Å². The SMILES string of the molecule is Cc1cc(OCc2ccccc2)ccc1/C(O)=C1\C(=O)C(=O)N(Cc2cccnc2)[C@@H]1c1cccs1. The lowest BCUT2D eigenvalue weighted by Crippen LogP contribution is -2.28. The fourth-order valence-corrected chi connectivity index (χ4v) is 5.20. The van der Waals surface area contributed by atoms with Gasteiger partial charge in [0.2, 0.25) is 0 Å². The number of pyridine rings is 1. The molecule has 1 atom stereocenters. The number of aliphatic hydroxyl groups is 1. The van der Waals surface area contributed by atoms with E-state index < -0.39 is 17.7 Å². The molecule has 1 aliphatic rings. The molecule has 4 aromatic rings. The number of benzene rings is 2. The molecule has 1 amide bonds. The molecule has 2 aromatic carbocycles. The maximum atomic E-state index is 13.2. The molecule has 1 saturated heterocycles. The third-order valence-corrected chi connectivity index (χ3v) is 7.05. The molecular weight excluding hydrogens is 472 g/mol. The quantitative estimate of drug-likeness (QED) is 0.203. The smallest absolute Gasteiger partial charge is 0.295 e. The topological polar surface area (TPSA) is 79.7 Å². The predicted molar refractivity (Wildman–Crippen MR) is 138 cm³/mol. The number of carbonyl (C=O) groups excluding carboxylic acids is 2. The fourth-order valence-electron chi connectivity index (χ4n) is 4.35. The van der Waals surface area contributed by atoms with E-state index in [1.165, 1.54) is 16.2 Å². The number of aromatic nitrogens is 1. The average molecular weight is 497 g/mol. The largest absolute Gasteiger partial charge is 0.507 e. The van der Waals surface area contributed by atoms with Gasteiger partial charge in [0.05, 0.1) is 11.6 Å². The summed E-state index contributed by atoms with van der Waals surface area (Å²) in [5.74, 6) is -0.870. The molecule has 0 unspecified atom stereocenters. The van der Waals surface area contributed by atoms with Gasteiger partial charge in [0, 0.05) is 29.4 Å². The van der Waals surface area contributed by atoms with E-state index in [-0.39, 0.29) is 17.9 Å². The number of carbonyl (C=O) groups is 2. The number of thiophene rings is 1. The van der Waals surface area contributed by atoms with Crippen molar-refractivity contribution in [1.82, 2.24) is 9.88 Å². The Morgan fingerprint density at radius 2 is 1.83 bits per heavy atom. The van der Waals surface area contributed by atoms with Gasteiger partial charge in [-0.1, -0.05) is 42.5 Å². The van der Waals surface area contributed by atoms with E-state index in [2.05, 4.69) is 4.98 Å². The molecule has 0 aliphatic carbocycles. The zero-order valence-electron chi connectivity index (χ0n) is 19.6. The Kier molecular flexibility index (Phi) is 6.64. The van der Waals surface area contributed by atoms with Gasteiger partial charge in [-0.2, -0.15) is 0 Å². The number of nitrogens with zero attached hydrogens (tertiary/aromatic N) is 2. The highest BCUT2D eigenvalue weighted by atomic mass is 32.1. The Labute approximate surface area is 213 Å². The van der Waals surface area contributed by atoms with Gasteiger partial charge < -0.3 is 14.7 Å². The molecule has 7 heteroatoms. The molecule has 6 nitrogen and oxygen atoms in total. The Bertz CT molecular complexity index is 1420. The van der Waals surface area contributed by atoms with Crippen molar-refractivity contribution in [2.75, 3.05) is 0 Å². The van der Waals surface area contributed by atoms with E-state index in [9.17, 15) is 14.7 Å². The molecule has 180 valence electrons. The molecule has 0 radical (unpaired) electrons. The van der Waals surface area contributed by atoms with Crippen molar-refractivity contribution in [3.05, 3.63) is 123 Å². The van der Waals surface area contributed by atoms with Crippen molar-refractivity contribution in [2.24, 2.45) is 0 Å². The highest BCUT2D eigenvalue weighted by molar-refractivity contribution is 7.10. The zero-order chi connectivity index (χ0) is 25.1. The summed E-state index contributed by atoms with van der Waals surface area (Å²) in [6, 6.07) is 21.9. The number of hydrogen-bond donors (Lipinski definition) is 1. The van der Waals surface area contributed by atoms with E-state index >= 15 is 0 Å². The van der Waals surface area contributed by atoms with Gasteiger partial charge in [-0.3, -0.25) is 14.6 Å². The summed E-state index contributed by atoms with van der Waals surface area (Å²) in [6.07, 6.45) is 3.33. The number of ketones is 1. The molecule has 0 saturated carbocycles. The normalized spacial score (nSPS) is 16.9. The number of aliphatic hydroxyl groups excluding tert-OH is 1. The van der Waals surface area contributed by atoms with E-state index in [1.807, 2.05) is 66.9 Å². The van der Waals surface area contributed by atoms with Crippen molar-refractivity contribution in [3.63, 3.8) is 0 Å². The number of ether oxygens (including phenoxy) is 1. The highest BCUT2D eigenvalue weighted by Crippen LogP contribution is 2.42. The molecule has 1 aliphatic heterocycles. The molecule has 36 heavy (non-hydrogen) atoms. The summed E-state index contributed by atoms with van der Waals surface area (Å²) >= 11 is 1.44. The molecule has 0 spiro atoms. The van der Waals surface area contributed by atoms with Crippen molar-refractivity contribution >= 4 is 28.8 Å². The van der Waals surface area contributed by atoms with Crippen molar-refractivity contribution in [2.45, 2.75) is 26.1 Å². The number of aryl methyl sites for hydroxylation is 1. The van der Waals surface area contributed by atoms with Crippen LogP contribution in [0.2, 0.25) is 0 Å². The van der Waals surface area contributed by atoms with Gasteiger partial charge in [0.25, 0.3) is 11.7 Å². The molecule has 2 aromatic heterocycles. The second kappa shape index (κ2) is 10.2. The third-order valence-electron chi connectivity index (χ3n) is 6.13. The van der Waals surface area contributed by atoms with Gasteiger partial charge in [-0.05, 0) is 59.3 Å². The average Bonchev–Trinajstić information content (AvgIpc) is 3.51. The first-order chi connectivity index (χ1) is 17.5. The number of amides is 1. The van der Waals surface area contributed by atoms with Gasteiger partial charge in [-0.25, -0.2) is 0 Å². The lowest BCUT2D eigenvalue weighted by molar-refractivity contribution is -0.140. The Hall–Kier alpha value is -4.23. The van der Waals surface area contributed by atoms with E-state index in [0.29, 0.717) is 17.9 Å². The Morgan fingerprint density at radius 1 is 1.03 bits per heavy atom. The second-order valence-corrected chi connectivity index (χ2v) is 9.53. The maximum Gasteiger partial charge on any atom is 0.295 e. The number of hydrogen-bond acceptors (Lipinski definition) is 6. The summed E-state index contributed by atoms with van der Waals surface area (Å²) in [5, 5.41) is 13.3. The minimum atomic E-state index is -0.696. The summed E-state index contributed by atoms with van der Waals surface area (Å²) < 4.78 is 5.90. The van der Waals surface area contributed by atoms with Crippen LogP contribution in [-0.2, 0) is 22.7 Å². The molecule has 1 fully saturated rings. The van der Waals surface area contributed by atoms with E-state index in [4.69, 9.17) is 4.74 Å². The molecule has 1 N–H and O–H groups in total. The van der Waals surface area contributed by atoms with Crippen LogP contribution < -0.4 is 4.74 Å². The molecule has 5 rings (SSSR count). The third kappa shape index (κ3) is 4.65. The maximum absolute atomic E-state index is 13.2. The molecule has 0 bridgehead atoms. The number of rotatable bonds is 7. The van der Waals surface area contributed by atoms with E-state index in [1.54, 1.807) is 30.6 Å². The van der Waals surface area contributed by atoms with Gasteiger partial charge >= 0.3 is 0 Å². The Balaban J connectivity index is 1.49. The Morgan fingerprint density at radius 3 is 2.53 bits per heavy atom. The summed E-state index contributed by atoms with van der Waals surface area (Å²) in [7, 11) is 0. The second-order valence-electron chi connectivity index (χ2n) is 8.55. The molecular formula is C29H24N2O4S. The zero-order valence-corrected chi connectivity index (χ0v) is 20.4. The number of Topliss-reactive ketones (excluding diaryl/α,β-unsaturated/α-hetero) is 1. The van der Waals surface area contributed by atoms with Crippen LogP contribution in [0, 0.1) is 6.92 Å². The van der Waals surface area contributed by atoms with Gasteiger partial charge in [0.1, 0.15) is 18.1 Å². The van der Waals surface area contributed by atoms with Crippen LogP contribution >= 0.6 is 11.3 Å². The van der Waals surface area contributed by atoms with Crippen molar-refractivity contribution in [3.8, 4) is 5.75 Å². The minimum Gasteiger partial charge on any atom is -0.507 e. The lowest BCUT2D eigenvalue weighted by atomic mass is 9.97. The van der Waals surface area contributed by atoms with Crippen LogP contribution in [-0.4, -0.2) is 26.7 Å². The number of likely N-dealkylation sites (tertiary alicyclic amines) is 1. The van der Waals surface area contributed by atoms with Gasteiger partial charge in [0.15, 0.2) is 0 Å². The van der Waals surface area contributed by atoms with E-state index in [0.717, 1.165) is 21.6 Å². The highest BCUT2D eigenvalue weighted by Gasteiger charge is 2.46. The van der Waals surface area contributed by atoms with Crippen LogP contribution in [0.25, 0.3) is 5.76 Å². The van der Waals surface area contributed by atoms with Crippen LogP contribution in [0.3, 0.4) is 0 Å². The first kappa shape index (κ1) is 23.5. The van der Waals surface area contributed by atoms with Crippen molar-refractivity contribution < 1.29 is 19.4 Å². The predicted octanol–water partition coefficient (Wildman–Crippen LogP) is 5.65. The summed E-state index contributed by atoms with van der Waals surface area (Å²) in [5.41, 5.74) is 3.17. The van der Waals surface area contributed by atoms with Crippen LogP contribution in [0.5, 0.6) is 5.75 Å². The monoisotopic (exact) mass is 496 g/mol. The van der Waals surface area contributed by atoms with Crippen LogP contribution in [0.1, 0.15) is 33.2 Å². The lowest BCUT2D eigenvalue weighted by Gasteiger charge is -2.24. The first-order valence-corrected chi connectivity index (χ1v) is 12.4. The van der Waals surface area contributed by atoms with Crippen LogP contribution in [0.4, 0.5) is 0 Å². The first-order valence-electron chi connectivity index (χ1n) is 11.5. The minimum absolute atomic E-state index is 0.0902. The summed E-state index contributed by atoms with van der Waals surface area (Å²) in [6.45, 7) is 2.47. The standard InChI is InChI=1S/C29H24N2O4S/c1-19-15-22(35-18-20-7-3-2-4-8-20)11-12-23(19)27(32)25-26(24-10-6-14-36-24)31(29(34)28(25)33)17-21-9-5-13-30-16-21/h2-16,26,32H,17-18H2,1H3/b27-25+/t26-/m1/s1.